The van der Waals surface area contributed by atoms with Crippen LogP contribution in [0.3, 0.4) is 0 Å². The fourth-order valence-corrected chi connectivity index (χ4v) is 2.89. The lowest BCUT2D eigenvalue weighted by Crippen LogP contribution is -2.38. The van der Waals surface area contributed by atoms with E-state index < -0.39 is 6.29 Å². The predicted octanol–water partition coefficient (Wildman–Crippen LogP) is 2.80. The van der Waals surface area contributed by atoms with Crippen LogP contribution in [0.5, 0.6) is 0 Å². The minimum absolute atomic E-state index is 0.263. The van der Waals surface area contributed by atoms with Gasteiger partial charge < -0.3 is 9.84 Å². The summed E-state index contributed by atoms with van der Waals surface area (Å²) in [6.07, 6.45) is 3.30. The average Bonchev–Trinajstić information content (AvgIpc) is 2.01. The Morgan fingerprint density at radius 2 is 1.86 bits per heavy atom. The van der Waals surface area contributed by atoms with Gasteiger partial charge in [-0.05, 0) is 31.1 Å². The molecule has 0 amide bonds. The van der Waals surface area contributed by atoms with Crippen LogP contribution < -0.4 is 0 Å². The van der Waals surface area contributed by atoms with Crippen molar-refractivity contribution in [2.75, 3.05) is 0 Å². The first-order valence-corrected chi connectivity index (χ1v) is 5.86. The summed E-state index contributed by atoms with van der Waals surface area (Å²) in [7, 11) is 0. The maximum absolute atomic E-state index is 9.27. The van der Waals surface area contributed by atoms with Crippen molar-refractivity contribution in [2.45, 2.75) is 59.4 Å². The molecule has 0 spiro atoms. The molecule has 0 aromatic carbocycles. The van der Waals surface area contributed by atoms with Gasteiger partial charge in [0.1, 0.15) is 0 Å². The molecule has 2 heteroatoms. The van der Waals surface area contributed by atoms with E-state index in [0.29, 0.717) is 11.8 Å². The molecule has 4 unspecified atom stereocenters. The van der Waals surface area contributed by atoms with Crippen molar-refractivity contribution in [3.05, 3.63) is 0 Å². The van der Waals surface area contributed by atoms with Crippen molar-refractivity contribution < 1.29 is 9.84 Å². The molecule has 0 aliphatic heterocycles. The Morgan fingerprint density at radius 3 is 2.36 bits per heavy atom. The van der Waals surface area contributed by atoms with E-state index in [0.717, 1.165) is 12.3 Å². The van der Waals surface area contributed by atoms with E-state index in [4.69, 9.17) is 4.74 Å². The van der Waals surface area contributed by atoms with E-state index in [1.54, 1.807) is 6.92 Å². The van der Waals surface area contributed by atoms with Crippen LogP contribution in [0.4, 0.5) is 0 Å². The zero-order valence-corrected chi connectivity index (χ0v) is 9.86. The number of hydrogen-bond acceptors (Lipinski definition) is 2. The Morgan fingerprint density at radius 1 is 1.21 bits per heavy atom. The lowest BCUT2D eigenvalue weighted by Gasteiger charge is -2.39. The Kier molecular flexibility index (Phi) is 4.39. The third-order valence-corrected chi connectivity index (χ3v) is 3.38. The van der Waals surface area contributed by atoms with Crippen LogP contribution in [0.1, 0.15) is 47.0 Å². The van der Waals surface area contributed by atoms with Crippen molar-refractivity contribution in [1.29, 1.82) is 0 Å². The first-order chi connectivity index (χ1) is 6.52. The fourth-order valence-electron chi connectivity index (χ4n) is 2.89. The first kappa shape index (κ1) is 12.0. The lowest BCUT2D eigenvalue weighted by atomic mass is 9.72. The number of ether oxygens (including phenoxy) is 1. The summed E-state index contributed by atoms with van der Waals surface area (Å²) in [5, 5.41) is 9.27. The van der Waals surface area contributed by atoms with Crippen LogP contribution in [0.2, 0.25) is 0 Å². The van der Waals surface area contributed by atoms with E-state index in [9.17, 15) is 5.11 Å². The second-order valence-electron chi connectivity index (χ2n) is 5.00. The van der Waals surface area contributed by atoms with Gasteiger partial charge in [-0.1, -0.05) is 33.6 Å². The van der Waals surface area contributed by atoms with E-state index in [-0.39, 0.29) is 6.10 Å². The molecule has 0 aromatic rings. The Balaban J connectivity index is 2.60. The molecule has 0 aromatic heterocycles. The van der Waals surface area contributed by atoms with Gasteiger partial charge in [-0.3, -0.25) is 0 Å². The molecule has 4 atom stereocenters. The first-order valence-electron chi connectivity index (χ1n) is 5.86. The highest BCUT2D eigenvalue weighted by molar-refractivity contribution is 4.82. The molecule has 14 heavy (non-hydrogen) atoms. The van der Waals surface area contributed by atoms with Gasteiger partial charge in [0.05, 0.1) is 6.10 Å². The molecule has 2 nitrogen and oxygen atoms in total. The molecule has 1 rings (SSSR count). The molecule has 1 aliphatic rings. The smallest absolute Gasteiger partial charge is 0.152 e. The number of rotatable bonds is 3. The highest BCUT2D eigenvalue weighted by atomic mass is 16.6. The highest BCUT2D eigenvalue weighted by Gasteiger charge is 2.34. The van der Waals surface area contributed by atoms with Crippen LogP contribution in [-0.2, 0) is 4.74 Å². The van der Waals surface area contributed by atoms with Crippen LogP contribution in [0.25, 0.3) is 0 Å². The number of hydrogen-bond donors (Lipinski definition) is 1. The zero-order valence-electron chi connectivity index (χ0n) is 9.86. The molecule has 0 radical (unpaired) electrons. The molecule has 1 N–H and O–H groups in total. The molecule has 84 valence electrons. The Labute approximate surface area is 87.7 Å². The van der Waals surface area contributed by atoms with Crippen LogP contribution in [0.15, 0.2) is 0 Å². The normalized spacial score (nSPS) is 36.0. The van der Waals surface area contributed by atoms with Gasteiger partial charge in [-0.25, -0.2) is 0 Å². The van der Waals surface area contributed by atoms with E-state index in [2.05, 4.69) is 20.8 Å². The molecule has 0 saturated heterocycles. The van der Waals surface area contributed by atoms with Gasteiger partial charge in [0.2, 0.25) is 0 Å². The lowest BCUT2D eigenvalue weighted by molar-refractivity contribution is -0.161. The van der Waals surface area contributed by atoms with E-state index >= 15 is 0 Å². The monoisotopic (exact) mass is 200 g/mol. The molecule has 1 fully saturated rings. The van der Waals surface area contributed by atoms with Gasteiger partial charge >= 0.3 is 0 Å². The largest absolute Gasteiger partial charge is 0.368 e. The third-order valence-electron chi connectivity index (χ3n) is 3.38. The second-order valence-corrected chi connectivity index (χ2v) is 5.00. The predicted molar refractivity (Wildman–Crippen MR) is 57.9 cm³/mol. The summed E-state index contributed by atoms with van der Waals surface area (Å²) in [5.41, 5.74) is 0. The van der Waals surface area contributed by atoms with Crippen molar-refractivity contribution in [3.8, 4) is 0 Å². The second kappa shape index (κ2) is 5.13. The quantitative estimate of drug-likeness (QED) is 0.710. The number of aliphatic hydroxyl groups excluding tert-OH is 1. The molecule has 1 saturated carbocycles. The average molecular weight is 200 g/mol. The van der Waals surface area contributed by atoms with Gasteiger partial charge in [0, 0.05) is 0 Å². The SMILES string of the molecule is CC(O)OC1CCCC(C)C1C(C)C. The Bertz CT molecular complexity index is 166. The standard InChI is InChI=1S/C12H24O2/c1-8(2)12-9(3)6-5-7-11(12)14-10(4)13/h8-13H,5-7H2,1-4H3. The molecular formula is C12H24O2. The zero-order chi connectivity index (χ0) is 10.7. The summed E-state index contributed by atoms with van der Waals surface area (Å²) < 4.78 is 5.59. The summed E-state index contributed by atoms with van der Waals surface area (Å²) in [6.45, 7) is 8.52. The highest BCUT2D eigenvalue weighted by Crippen LogP contribution is 2.37. The molecule has 0 bridgehead atoms. The van der Waals surface area contributed by atoms with Crippen LogP contribution in [0, 0.1) is 17.8 Å². The van der Waals surface area contributed by atoms with Gasteiger partial charge in [-0.15, -0.1) is 0 Å². The summed E-state index contributed by atoms with van der Waals surface area (Å²) >= 11 is 0. The molecule has 0 heterocycles. The number of aliphatic hydroxyl groups is 1. The van der Waals surface area contributed by atoms with Gasteiger partial charge in [0.15, 0.2) is 6.29 Å². The van der Waals surface area contributed by atoms with Gasteiger partial charge in [-0.2, -0.15) is 0 Å². The summed E-state index contributed by atoms with van der Waals surface area (Å²) in [4.78, 5) is 0. The maximum atomic E-state index is 9.27. The topological polar surface area (TPSA) is 29.5 Å². The summed E-state index contributed by atoms with van der Waals surface area (Å²) in [6, 6.07) is 0. The van der Waals surface area contributed by atoms with Gasteiger partial charge in [0.25, 0.3) is 0 Å². The van der Waals surface area contributed by atoms with Crippen molar-refractivity contribution >= 4 is 0 Å². The third kappa shape index (κ3) is 2.96. The van der Waals surface area contributed by atoms with Crippen molar-refractivity contribution in [1.82, 2.24) is 0 Å². The van der Waals surface area contributed by atoms with Crippen LogP contribution >= 0.6 is 0 Å². The molecular weight excluding hydrogens is 176 g/mol. The Hall–Kier alpha value is -0.0800. The molecule has 1 aliphatic carbocycles. The fraction of sp³-hybridized carbons (Fsp3) is 1.00. The van der Waals surface area contributed by atoms with E-state index in [1.807, 2.05) is 0 Å². The maximum Gasteiger partial charge on any atom is 0.152 e. The van der Waals surface area contributed by atoms with Crippen molar-refractivity contribution in [3.63, 3.8) is 0 Å². The van der Waals surface area contributed by atoms with Crippen LogP contribution in [-0.4, -0.2) is 17.5 Å². The minimum Gasteiger partial charge on any atom is -0.368 e. The summed E-state index contributed by atoms with van der Waals surface area (Å²) in [5.74, 6) is 1.99. The van der Waals surface area contributed by atoms with Crippen molar-refractivity contribution in [2.24, 2.45) is 17.8 Å². The van der Waals surface area contributed by atoms with E-state index in [1.165, 1.54) is 12.8 Å². The minimum atomic E-state index is -0.619.